The van der Waals surface area contributed by atoms with Crippen LogP contribution in [-0.4, -0.2) is 44.7 Å². The Bertz CT molecular complexity index is 436. The second-order valence-corrected chi connectivity index (χ2v) is 7.57. The van der Waals surface area contributed by atoms with E-state index in [0.29, 0.717) is 17.4 Å². The molecule has 2 atom stereocenters. The Morgan fingerprint density at radius 3 is 2.43 bits per heavy atom. The standard InChI is InChI=1S/C18H30N2O/c1-18(2,3)13-19-16-10-15(11-20(4)12-16)14-6-8-17(21-5)9-7-14/h6-9,15-16,19H,10-13H2,1-5H3. The Labute approximate surface area is 129 Å². The Hall–Kier alpha value is -1.06. The van der Waals surface area contributed by atoms with Crippen molar-refractivity contribution in [2.24, 2.45) is 5.41 Å². The number of piperidine rings is 1. The van der Waals surface area contributed by atoms with Gasteiger partial charge in [0, 0.05) is 25.7 Å². The van der Waals surface area contributed by atoms with E-state index in [2.05, 4.69) is 62.3 Å². The molecule has 1 aromatic carbocycles. The first-order chi connectivity index (χ1) is 9.87. The molecule has 2 unspecified atom stereocenters. The minimum absolute atomic E-state index is 0.339. The lowest BCUT2D eigenvalue weighted by molar-refractivity contribution is 0.193. The molecular formula is C18H30N2O. The van der Waals surface area contributed by atoms with Crippen molar-refractivity contribution >= 4 is 0 Å². The fourth-order valence-electron chi connectivity index (χ4n) is 3.04. The van der Waals surface area contributed by atoms with E-state index < -0.39 is 0 Å². The number of nitrogens with one attached hydrogen (secondary N) is 1. The molecule has 0 saturated carbocycles. The molecule has 1 saturated heterocycles. The van der Waals surface area contributed by atoms with Gasteiger partial charge in [-0.15, -0.1) is 0 Å². The first kappa shape index (κ1) is 16.3. The second-order valence-electron chi connectivity index (χ2n) is 7.57. The van der Waals surface area contributed by atoms with E-state index in [1.54, 1.807) is 7.11 Å². The zero-order valence-electron chi connectivity index (χ0n) is 14.1. The fourth-order valence-corrected chi connectivity index (χ4v) is 3.04. The lowest BCUT2D eigenvalue weighted by Gasteiger charge is -2.37. The van der Waals surface area contributed by atoms with Crippen LogP contribution in [0.3, 0.4) is 0 Å². The van der Waals surface area contributed by atoms with Crippen LogP contribution in [0.2, 0.25) is 0 Å². The van der Waals surface area contributed by atoms with Gasteiger partial charge < -0.3 is 15.0 Å². The van der Waals surface area contributed by atoms with Crippen molar-refractivity contribution in [1.82, 2.24) is 10.2 Å². The van der Waals surface area contributed by atoms with Crippen molar-refractivity contribution < 1.29 is 4.74 Å². The molecule has 1 N–H and O–H groups in total. The molecule has 3 nitrogen and oxygen atoms in total. The molecular weight excluding hydrogens is 260 g/mol. The normalized spacial score (nSPS) is 24.0. The number of methoxy groups -OCH3 is 1. The van der Waals surface area contributed by atoms with E-state index in [1.165, 1.54) is 12.0 Å². The van der Waals surface area contributed by atoms with E-state index >= 15 is 0 Å². The fraction of sp³-hybridized carbons (Fsp3) is 0.667. The van der Waals surface area contributed by atoms with Crippen molar-refractivity contribution in [3.05, 3.63) is 29.8 Å². The summed E-state index contributed by atoms with van der Waals surface area (Å²) in [6.07, 6.45) is 1.22. The first-order valence-corrected chi connectivity index (χ1v) is 7.93. The van der Waals surface area contributed by atoms with E-state index in [9.17, 15) is 0 Å². The molecule has 0 bridgehead atoms. The molecule has 0 radical (unpaired) electrons. The lowest BCUT2D eigenvalue weighted by atomic mass is 9.87. The molecule has 21 heavy (non-hydrogen) atoms. The van der Waals surface area contributed by atoms with Crippen LogP contribution in [0.15, 0.2) is 24.3 Å². The summed E-state index contributed by atoms with van der Waals surface area (Å²) in [5, 5.41) is 3.75. The van der Waals surface area contributed by atoms with Gasteiger partial charge >= 0.3 is 0 Å². The molecule has 0 aliphatic carbocycles. The van der Waals surface area contributed by atoms with Gasteiger partial charge in [0.15, 0.2) is 0 Å². The summed E-state index contributed by atoms with van der Waals surface area (Å²) in [5.74, 6) is 1.54. The SMILES string of the molecule is COc1ccc(C2CC(NCC(C)(C)C)CN(C)C2)cc1. The predicted molar refractivity (Wildman–Crippen MR) is 89.1 cm³/mol. The number of ether oxygens (including phenoxy) is 1. The van der Waals surface area contributed by atoms with Gasteiger partial charge in [-0.1, -0.05) is 32.9 Å². The number of rotatable bonds is 4. The van der Waals surface area contributed by atoms with E-state index in [-0.39, 0.29) is 0 Å². The summed E-state index contributed by atoms with van der Waals surface area (Å²) in [7, 11) is 3.94. The molecule has 1 aromatic rings. The number of nitrogens with zero attached hydrogens (tertiary/aromatic N) is 1. The summed E-state index contributed by atoms with van der Waals surface area (Å²) in [6, 6.07) is 9.14. The predicted octanol–water partition coefficient (Wildman–Crippen LogP) is 3.12. The van der Waals surface area contributed by atoms with Gasteiger partial charge in [0.1, 0.15) is 5.75 Å². The van der Waals surface area contributed by atoms with Gasteiger partial charge in [-0.25, -0.2) is 0 Å². The lowest BCUT2D eigenvalue weighted by Crippen LogP contribution is -2.48. The number of hydrogen-bond donors (Lipinski definition) is 1. The molecule has 118 valence electrons. The summed E-state index contributed by atoms with van der Waals surface area (Å²) in [6.45, 7) is 10.2. The number of hydrogen-bond acceptors (Lipinski definition) is 3. The average Bonchev–Trinajstić information content (AvgIpc) is 2.44. The highest BCUT2D eigenvalue weighted by atomic mass is 16.5. The Morgan fingerprint density at radius 1 is 1.19 bits per heavy atom. The van der Waals surface area contributed by atoms with Crippen LogP contribution in [0.4, 0.5) is 0 Å². The minimum atomic E-state index is 0.339. The summed E-state index contributed by atoms with van der Waals surface area (Å²) >= 11 is 0. The highest BCUT2D eigenvalue weighted by Gasteiger charge is 2.27. The van der Waals surface area contributed by atoms with Gasteiger partial charge in [0.25, 0.3) is 0 Å². The third-order valence-electron chi connectivity index (χ3n) is 4.14. The molecule has 0 aromatic heterocycles. The average molecular weight is 290 g/mol. The smallest absolute Gasteiger partial charge is 0.118 e. The summed E-state index contributed by atoms with van der Waals surface area (Å²) < 4.78 is 5.25. The van der Waals surface area contributed by atoms with E-state index in [0.717, 1.165) is 25.4 Å². The van der Waals surface area contributed by atoms with Crippen LogP contribution in [-0.2, 0) is 0 Å². The Kier molecular flexibility index (Phi) is 5.28. The Morgan fingerprint density at radius 2 is 1.86 bits per heavy atom. The largest absolute Gasteiger partial charge is 0.497 e. The summed E-state index contributed by atoms with van der Waals surface area (Å²) in [4.78, 5) is 2.44. The zero-order chi connectivity index (χ0) is 15.5. The maximum Gasteiger partial charge on any atom is 0.118 e. The number of likely N-dealkylation sites (tertiary alicyclic amines) is 1. The van der Waals surface area contributed by atoms with Gasteiger partial charge in [0.05, 0.1) is 7.11 Å². The second kappa shape index (κ2) is 6.80. The zero-order valence-corrected chi connectivity index (χ0v) is 14.1. The molecule has 0 spiro atoms. The van der Waals surface area contributed by atoms with Gasteiger partial charge in [-0.05, 0) is 42.5 Å². The number of likely N-dealkylation sites (N-methyl/N-ethyl adjacent to an activating group) is 1. The topological polar surface area (TPSA) is 24.5 Å². The van der Waals surface area contributed by atoms with Crippen LogP contribution < -0.4 is 10.1 Å². The maximum absolute atomic E-state index is 5.25. The molecule has 3 heteroatoms. The molecule has 0 amide bonds. The minimum Gasteiger partial charge on any atom is -0.497 e. The van der Waals surface area contributed by atoms with Crippen molar-refractivity contribution in [1.29, 1.82) is 0 Å². The van der Waals surface area contributed by atoms with Gasteiger partial charge in [-0.2, -0.15) is 0 Å². The summed E-state index contributed by atoms with van der Waals surface area (Å²) in [5.41, 5.74) is 1.76. The molecule has 1 aliphatic rings. The van der Waals surface area contributed by atoms with E-state index in [1.807, 2.05) is 0 Å². The monoisotopic (exact) mass is 290 g/mol. The van der Waals surface area contributed by atoms with Crippen molar-refractivity contribution in [2.75, 3.05) is 33.8 Å². The van der Waals surface area contributed by atoms with Gasteiger partial charge in [-0.3, -0.25) is 0 Å². The maximum atomic E-state index is 5.25. The number of benzene rings is 1. The van der Waals surface area contributed by atoms with E-state index in [4.69, 9.17) is 4.74 Å². The van der Waals surface area contributed by atoms with Crippen molar-refractivity contribution in [3.63, 3.8) is 0 Å². The quantitative estimate of drug-likeness (QED) is 0.922. The molecule has 1 aliphatic heterocycles. The third-order valence-corrected chi connectivity index (χ3v) is 4.14. The Balaban J connectivity index is 1.99. The van der Waals surface area contributed by atoms with Crippen LogP contribution in [0.25, 0.3) is 0 Å². The van der Waals surface area contributed by atoms with Crippen molar-refractivity contribution in [3.8, 4) is 5.75 Å². The van der Waals surface area contributed by atoms with Crippen LogP contribution in [0.5, 0.6) is 5.75 Å². The van der Waals surface area contributed by atoms with Gasteiger partial charge in [0.2, 0.25) is 0 Å². The van der Waals surface area contributed by atoms with Crippen LogP contribution in [0.1, 0.15) is 38.7 Å². The highest BCUT2D eigenvalue weighted by Crippen LogP contribution is 2.28. The van der Waals surface area contributed by atoms with Crippen LogP contribution >= 0.6 is 0 Å². The van der Waals surface area contributed by atoms with Crippen LogP contribution in [0, 0.1) is 5.41 Å². The van der Waals surface area contributed by atoms with Crippen molar-refractivity contribution in [2.45, 2.75) is 39.2 Å². The molecule has 1 fully saturated rings. The highest BCUT2D eigenvalue weighted by molar-refractivity contribution is 5.30. The molecule has 1 heterocycles. The first-order valence-electron chi connectivity index (χ1n) is 7.93. The third kappa shape index (κ3) is 5.01. The molecule has 2 rings (SSSR count).